The van der Waals surface area contributed by atoms with Gasteiger partial charge in [0.25, 0.3) is 0 Å². The number of fused-ring (bicyclic) bond motifs is 1. The number of aromatic nitrogens is 2. The van der Waals surface area contributed by atoms with Gasteiger partial charge in [0, 0.05) is 35.0 Å². The smallest absolute Gasteiger partial charge is 0.0596 e. The highest BCUT2D eigenvalue weighted by atomic mass is 32.1. The normalized spacial score (nSPS) is 16.5. The summed E-state index contributed by atoms with van der Waals surface area (Å²) in [5.74, 6) is 0. The number of hydrogen-bond donors (Lipinski definition) is 1. The Labute approximate surface area is 131 Å². The SMILES string of the molecule is CNC(Cc1cc(C)nn1C)c1cc2c(s1)CCCCC2. The van der Waals surface area contributed by atoms with Crippen LogP contribution < -0.4 is 5.32 Å². The van der Waals surface area contributed by atoms with Gasteiger partial charge >= 0.3 is 0 Å². The minimum atomic E-state index is 0.400. The highest BCUT2D eigenvalue weighted by Gasteiger charge is 2.19. The molecule has 0 aromatic carbocycles. The number of thiophene rings is 1. The summed E-state index contributed by atoms with van der Waals surface area (Å²) in [4.78, 5) is 3.12. The molecule has 0 saturated heterocycles. The summed E-state index contributed by atoms with van der Waals surface area (Å²) in [6.07, 6.45) is 7.66. The van der Waals surface area contributed by atoms with E-state index >= 15 is 0 Å². The Morgan fingerprint density at radius 2 is 2.10 bits per heavy atom. The summed E-state index contributed by atoms with van der Waals surface area (Å²) in [7, 11) is 4.11. The van der Waals surface area contributed by atoms with Crippen molar-refractivity contribution in [3.05, 3.63) is 38.8 Å². The van der Waals surface area contributed by atoms with Gasteiger partial charge in [0.1, 0.15) is 0 Å². The first kappa shape index (κ1) is 14.8. The lowest BCUT2D eigenvalue weighted by atomic mass is 10.1. The fraction of sp³-hybridized carbons (Fsp3) is 0.588. The Morgan fingerprint density at radius 1 is 1.29 bits per heavy atom. The van der Waals surface area contributed by atoms with Gasteiger partial charge in [-0.25, -0.2) is 0 Å². The Hall–Kier alpha value is -1.13. The van der Waals surface area contributed by atoms with Crippen molar-refractivity contribution in [1.29, 1.82) is 0 Å². The number of hydrogen-bond acceptors (Lipinski definition) is 3. The second-order valence-corrected chi connectivity index (χ2v) is 7.27. The largest absolute Gasteiger partial charge is 0.312 e. The van der Waals surface area contributed by atoms with E-state index in [1.54, 1.807) is 10.4 Å². The third-order valence-corrected chi connectivity index (χ3v) is 5.82. The number of aryl methyl sites for hydroxylation is 4. The summed E-state index contributed by atoms with van der Waals surface area (Å²) in [5, 5.41) is 7.96. The zero-order chi connectivity index (χ0) is 14.8. The minimum absolute atomic E-state index is 0.400. The second-order valence-electron chi connectivity index (χ2n) is 6.10. The molecule has 4 heteroatoms. The molecule has 3 rings (SSSR count). The zero-order valence-corrected chi connectivity index (χ0v) is 14.1. The average Bonchev–Trinajstić information content (AvgIpc) is 2.92. The van der Waals surface area contributed by atoms with Crippen molar-refractivity contribution in [3.63, 3.8) is 0 Å². The van der Waals surface area contributed by atoms with Crippen LogP contribution in [0.3, 0.4) is 0 Å². The monoisotopic (exact) mass is 303 g/mol. The van der Waals surface area contributed by atoms with Crippen LogP contribution in [0.1, 0.15) is 52.0 Å². The molecule has 21 heavy (non-hydrogen) atoms. The Kier molecular flexibility index (Phi) is 4.45. The quantitative estimate of drug-likeness (QED) is 0.875. The van der Waals surface area contributed by atoms with E-state index in [0.717, 1.165) is 12.1 Å². The topological polar surface area (TPSA) is 29.9 Å². The van der Waals surface area contributed by atoms with Crippen molar-refractivity contribution in [2.75, 3.05) is 7.05 Å². The van der Waals surface area contributed by atoms with Crippen LogP contribution in [0.4, 0.5) is 0 Å². The first-order valence-electron chi connectivity index (χ1n) is 7.95. The molecule has 2 aromatic heterocycles. The van der Waals surface area contributed by atoms with Crippen molar-refractivity contribution in [2.45, 2.75) is 51.5 Å². The third-order valence-electron chi connectivity index (χ3n) is 4.47. The number of likely N-dealkylation sites (N-methyl/N-ethyl adjacent to an activating group) is 1. The Morgan fingerprint density at radius 3 is 2.81 bits per heavy atom. The molecule has 1 N–H and O–H groups in total. The van der Waals surface area contributed by atoms with E-state index in [1.165, 1.54) is 42.7 Å². The Balaban J connectivity index is 1.81. The molecule has 0 aliphatic heterocycles. The first-order valence-corrected chi connectivity index (χ1v) is 8.77. The Bertz CT molecular complexity index is 588. The lowest BCUT2D eigenvalue weighted by Gasteiger charge is -2.14. The van der Waals surface area contributed by atoms with E-state index in [1.807, 2.05) is 23.1 Å². The van der Waals surface area contributed by atoms with Gasteiger partial charge in [-0.05, 0) is 57.4 Å². The van der Waals surface area contributed by atoms with Crippen LogP contribution in [0.5, 0.6) is 0 Å². The van der Waals surface area contributed by atoms with Crippen LogP contribution in [0.2, 0.25) is 0 Å². The number of nitrogens with one attached hydrogen (secondary N) is 1. The van der Waals surface area contributed by atoms with Crippen molar-refractivity contribution in [3.8, 4) is 0 Å². The van der Waals surface area contributed by atoms with Gasteiger partial charge < -0.3 is 5.32 Å². The predicted octanol–water partition coefficient (Wildman–Crippen LogP) is 3.56. The number of rotatable bonds is 4. The molecule has 0 spiro atoms. The van der Waals surface area contributed by atoms with Gasteiger partial charge in [-0.1, -0.05) is 6.42 Å². The van der Waals surface area contributed by atoms with Gasteiger partial charge in [-0.2, -0.15) is 5.10 Å². The van der Waals surface area contributed by atoms with Crippen LogP contribution in [-0.2, 0) is 26.3 Å². The molecular weight excluding hydrogens is 278 g/mol. The molecule has 0 amide bonds. The summed E-state index contributed by atoms with van der Waals surface area (Å²) < 4.78 is 2.01. The predicted molar refractivity (Wildman–Crippen MR) is 89.0 cm³/mol. The van der Waals surface area contributed by atoms with E-state index in [2.05, 4.69) is 36.5 Å². The zero-order valence-electron chi connectivity index (χ0n) is 13.3. The minimum Gasteiger partial charge on any atom is -0.312 e. The summed E-state index contributed by atoms with van der Waals surface area (Å²) >= 11 is 2.02. The van der Waals surface area contributed by atoms with Crippen LogP contribution in [0.25, 0.3) is 0 Å². The molecule has 3 nitrogen and oxygen atoms in total. The van der Waals surface area contributed by atoms with Gasteiger partial charge in [0.2, 0.25) is 0 Å². The molecule has 1 unspecified atom stereocenters. The maximum atomic E-state index is 4.46. The van der Waals surface area contributed by atoms with Crippen molar-refractivity contribution < 1.29 is 0 Å². The maximum Gasteiger partial charge on any atom is 0.0596 e. The average molecular weight is 303 g/mol. The first-order chi connectivity index (χ1) is 10.2. The van der Waals surface area contributed by atoms with Gasteiger partial charge in [0.15, 0.2) is 0 Å². The standard InChI is InChI=1S/C17H25N3S/c1-12-9-14(20(3)19-12)11-15(18-2)17-10-13-7-5-4-6-8-16(13)21-17/h9-10,15,18H,4-8,11H2,1-3H3. The maximum absolute atomic E-state index is 4.46. The fourth-order valence-corrected chi connectivity index (χ4v) is 4.64. The lowest BCUT2D eigenvalue weighted by Crippen LogP contribution is -2.19. The van der Waals surface area contributed by atoms with E-state index in [-0.39, 0.29) is 0 Å². The van der Waals surface area contributed by atoms with Gasteiger partial charge in [-0.15, -0.1) is 11.3 Å². The van der Waals surface area contributed by atoms with Crippen molar-refractivity contribution in [2.24, 2.45) is 7.05 Å². The molecule has 1 aliphatic carbocycles. The van der Waals surface area contributed by atoms with Crippen LogP contribution in [0.15, 0.2) is 12.1 Å². The molecule has 114 valence electrons. The molecular formula is C17H25N3S. The molecule has 0 radical (unpaired) electrons. The molecule has 2 aromatic rings. The molecule has 0 saturated carbocycles. The van der Waals surface area contributed by atoms with E-state index in [9.17, 15) is 0 Å². The van der Waals surface area contributed by atoms with Crippen molar-refractivity contribution >= 4 is 11.3 Å². The van der Waals surface area contributed by atoms with Crippen LogP contribution >= 0.6 is 11.3 Å². The molecule has 1 atom stereocenters. The van der Waals surface area contributed by atoms with E-state index in [0.29, 0.717) is 6.04 Å². The van der Waals surface area contributed by atoms with Crippen LogP contribution in [0, 0.1) is 6.92 Å². The highest BCUT2D eigenvalue weighted by Crippen LogP contribution is 2.33. The van der Waals surface area contributed by atoms with Gasteiger partial charge in [0.05, 0.1) is 5.69 Å². The highest BCUT2D eigenvalue weighted by molar-refractivity contribution is 7.12. The van der Waals surface area contributed by atoms with Gasteiger partial charge in [-0.3, -0.25) is 4.68 Å². The second kappa shape index (κ2) is 6.32. The van der Waals surface area contributed by atoms with Crippen LogP contribution in [-0.4, -0.2) is 16.8 Å². The van der Waals surface area contributed by atoms with E-state index in [4.69, 9.17) is 0 Å². The van der Waals surface area contributed by atoms with E-state index < -0.39 is 0 Å². The molecule has 0 fully saturated rings. The van der Waals surface area contributed by atoms with Crippen molar-refractivity contribution in [1.82, 2.24) is 15.1 Å². The molecule has 1 aliphatic rings. The molecule has 2 heterocycles. The lowest BCUT2D eigenvalue weighted by molar-refractivity contribution is 0.568. The number of nitrogens with zero attached hydrogens (tertiary/aromatic N) is 2. The third kappa shape index (κ3) is 3.22. The summed E-state index contributed by atoms with van der Waals surface area (Å²) in [6.45, 7) is 2.06. The summed E-state index contributed by atoms with van der Waals surface area (Å²) in [6, 6.07) is 5.05. The molecule has 0 bridgehead atoms. The summed E-state index contributed by atoms with van der Waals surface area (Å²) in [5.41, 5.74) is 4.01. The fourth-order valence-electron chi connectivity index (χ4n) is 3.27.